The Balaban J connectivity index is 1.26. The molecule has 1 aliphatic carbocycles. The maximum Gasteiger partial charge on any atom is 0.251 e. The number of anilines is 1. The fourth-order valence-electron chi connectivity index (χ4n) is 4.11. The van der Waals surface area contributed by atoms with Gasteiger partial charge >= 0.3 is 0 Å². The molecule has 1 aliphatic heterocycles. The molecule has 0 atom stereocenters. The van der Waals surface area contributed by atoms with Gasteiger partial charge in [0.1, 0.15) is 0 Å². The summed E-state index contributed by atoms with van der Waals surface area (Å²) in [6.07, 6.45) is 6.73. The molecule has 6 nitrogen and oxygen atoms in total. The lowest BCUT2D eigenvalue weighted by Gasteiger charge is -2.23. The first-order chi connectivity index (χ1) is 14.6. The lowest BCUT2D eigenvalue weighted by atomic mass is 9.94. The number of aromatic nitrogens is 1. The molecule has 1 N–H and O–H groups in total. The topological polar surface area (TPSA) is 65.5 Å². The molecule has 2 heterocycles. The summed E-state index contributed by atoms with van der Waals surface area (Å²) in [6, 6.07) is 13.1. The summed E-state index contributed by atoms with van der Waals surface area (Å²) in [5.74, 6) is -0.129. The van der Waals surface area contributed by atoms with Crippen LogP contribution in [0, 0.1) is 0 Å². The molecular formula is C23H27ClN4O2. The van der Waals surface area contributed by atoms with Crippen molar-refractivity contribution < 1.29 is 9.59 Å². The number of likely N-dealkylation sites (tertiary alicyclic amines) is 1. The number of hydrogen-bond donors (Lipinski definition) is 1. The van der Waals surface area contributed by atoms with Crippen LogP contribution in [-0.2, 0) is 10.2 Å². The summed E-state index contributed by atoms with van der Waals surface area (Å²) >= 11 is 6.02. The number of nitrogens with zero attached hydrogens (tertiary/aromatic N) is 3. The molecule has 4 rings (SSSR count). The minimum atomic E-state index is -0.316. The molecule has 0 spiro atoms. The van der Waals surface area contributed by atoms with E-state index in [0.29, 0.717) is 11.4 Å². The molecule has 30 heavy (non-hydrogen) atoms. The monoisotopic (exact) mass is 426 g/mol. The zero-order valence-corrected chi connectivity index (χ0v) is 17.8. The molecule has 2 fully saturated rings. The Morgan fingerprint density at radius 1 is 1.10 bits per heavy atom. The van der Waals surface area contributed by atoms with Gasteiger partial charge in [-0.25, -0.2) is 9.40 Å². The smallest absolute Gasteiger partial charge is 0.251 e. The van der Waals surface area contributed by atoms with Crippen molar-refractivity contribution in [3.05, 3.63) is 59.8 Å². The maximum absolute atomic E-state index is 12.4. The standard InChI is InChI=1S/C23H27ClN4O2/c24-28(20-5-1-2-13-25-20)21(29)10-14-26-22(30)18-6-8-19(9-7-18)23(11-12-23)17-27-15-3-4-16-27/h1-2,5-9,13H,3-4,10-12,14-17H2,(H,26,30). The van der Waals surface area contributed by atoms with E-state index in [0.717, 1.165) is 11.0 Å². The lowest BCUT2D eigenvalue weighted by molar-refractivity contribution is -0.117. The predicted molar refractivity (Wildman–Crippen MR) is 118 cm³/mol. The Morgan fingerprint density at radius 2 is 1.83 bits per heavy atom. The van der Waals surface area contributed by atoms with Crippen molar-refractivity contribution in [3.8, 4) is 0 Å². The molecule has 0 unspecified atom stereocenters. The van der Waals surface area contributed by atoms with Gasteiger partial charge in [-0.2, -0.15) is 0 Å². The van der Waals surface area contributed by atoms with Crippen LogP contribution in [0.3, 0.4) is 0 Å². The summed E-state index contributed by atoms with van der Waals surface area (Å²) in [6.45, 7) is 3.77. The van der Waals surface area contributed by atoms with Crippen LogP contribution in [0.15, 0.2) is 48.7 Å². The normalized spacial score (nSPS) is 17.5. The van der Waals surface area contributed by atoms with Crippen LogP contribution in [0.1, 0.15) is 48.0 Å². The van der Waals surface area contributed by atoms with Crippen molar-refractivity contribution in [1.29, 1.82) is 0 Å². The van der Waals surface area contributed by atoms with Crippen LogP contribution in [0.5, 0.6) is 0 Å². The van der Waals surface area contributed by atoms with Crippen molar-refractivity contribution in [2.75, 3.05) is 30.6 Å². The third-order valence-electron chi connectivity index (χ3n) is 6.03. The van der Waals surface area contributed by atoms with Crippen LogP contribution in [0.4, 0.5) is 5.82 Å². The molecule has 158 valence electrons. The molecule has 1 saturated heterocycles. The van der Waals surface area contributed by atoms with Crippen LogP contribution in [0.2, 0.25) is 0 Å². The van der Waals surface area contributed by atoms with Crippen LogP contribution < -0.4 is 9.74 Å². The second-order valence-electron chi connectivity index (χ2n) is 8.21. The van der Waals surface area contributed by atoms with Gasteiger partial charge in [0.05, 0.1) is 0 Å². The number of halogens is 1. The van der Waals surface area contributed by atoms with Crippen LogP contribution in [0.25, 0.3) is 0 Å². The van der Waals surface area contributed by atoms with Crippen molar-refractivity contribution >= 4 is 29.4 Å². The highest BCUT2D eigenvalue weighted by atomic mass is 35.5. The van der Waals surface area contributed by atoms with Crippen LogP contribution >= 0.6 is 11.8 Å². The van der Waals surface area contributed by atoms with Gasteiger partial charge in [0, 0.05) is 48.5 Å². The predicted octanol–water partition coefficient (Wildman–Crippen LogP) is 3.52. The molecular weight excluding hydrogens is 400 g/mol. The zero-order valence-electron chi connectivity index (χ0n) is 17.0. The highest BCUT2D eigenvalue weighted by Gasteiger charge is 2.45. The SMILES string of the molecule is O=C(NCCC(=O)N(Cl)c1ccccn1)c1ccc(C2(CN3CCCC3)CC2)cc1. The zero-order chi connectivity index (χ0) is 21.0. The van der Waals surface area contributed by atoms with Gasteiger partial charge in [-0.1, -0.05) is 18.2 Å². The van der Waals surface area contributed by atoms with E-state index >= 15 is 0 Å². The molecule has 2 aromatic rings. The highest BCUT2D eigenvalue weighted by molar-refractivity contribution is 6.36. The van der Waals surface area contributed by atoms with E-state index in [-0.39, 0.29) is 30.2 Å². The largest absolute Gasteiger partial charge is 0.352 e. The Kier molecular flexibility index (Phi) is 6.35. The summed E-state index contributed by atoms with van der Waals surface area (Å²) in [4.78, 5) is 31.2. The Hall–Kier alpha value is -2.44. The van der Waals surface area contributed by atoms with Crippen molar-refractivity contribution in [2.24, 2.45) is 0 Å². The first-order valence-electron chi connectivity index (χ1n) is 10.6. The number of pyridine rings is 1. The number of nitrogens with one attached hydrogen (secondary N) is 1. The number of benzene rings is 1. The summed E-state index contributed by atoms with van der Waals surface area (Å²) < 4.78 is 0.983. The Morgan fingerprint density at radius 3 is 2.47 bits per heavy atom. The number of carbonyl (C=O) groups is 2. The van der Waals surface area contributed by atoms with Gasteiger partial charge < -0.3 is 10.2 Å². The third-order valence-corrected chi connectivity index (χ3v) is 6.39. The highest BCUT2D eigenvalue weighted by Crippen LogP contribution is 2.49. The molecule has 2 aliphatic rings. The number of amides is 2. The summed E-state index contributed by atoms with van der Waals surface area (Å²) in [7, 11) is 0. The van der Waals surface area contributed by atoms with Gasteiger partial charge in [0.2, 0.25) is 5.91 Å². The summed E-state index contributed by atoms with van der Waals surface area (Å²) in [5.41, 5.74) is 2.21. The second-order valence-corrected chi connectivity index (χ2v) is 8.55. The average Bonchev–Trinajstić information content (AvgIpc) is 3.38. The fraction of sp³-hybridized carbons (Fsp3) is 0.435. The molecule has 1 saturated carbocycles. The number of carbonyl (C=O) groups excluding carboxylic acids is 2. The molecule has 7 heteroatoms. The van der Waals surface area contributed by atoms with Gasteiger partial charge in [0.25, 0.3) is 5.91 Å². The van der Waals surface area contributed by atoms with E-state index < -0.39 is 0 Å². The van der Waals surface area contributed by atoms with E-state index in [1.807, 2.05) is 12.1 Å². The van der Waals surface area contributed by atoms with Gasteiger partial charge in [0.15, 0.2) is 5.82 Å². The van der Waals surface area contributed by atoms with E-state index in [1.54, 1.807) is 24.4 Å². The van der Waals surface area contributed by atoms with Gasteiger partial charge in [-0.05, 0) is 68.6 Å². The average molecular weight is 427 g/mol. The van der Waals surface area contributed by atoms with Gasteiger partial charge in [-0.15, -0.1) is 0 Å². The van der Waals surface area contributed by atoms with Crippen molar-refractivity contribution in [2.45, 2.75) is 37.5 Å². The minimum absolute atomic E-state index is 0.100. The molecule has 0 radical (unpaired) electrons. The fourth-order valence-corrected chi connectivity index (χ4v) is 4.30. The van der Waals surface area contributed by atoms with Crippen molar-refractivity contribution in [3.63, 3.8) is 0 Å². The van der Waals surface area contributed by atoms with Gasteiger partial charge in [-0.3, -0.25) is 9.59 Å². The lowest BCUT2D eigenvalue weighted by Crippen LogP contribution is -2.31. The Labute approximate surface area is 182 Å². The van der Waals surface area contributed by atoms with E-state index in [2.05, 4.69) is 27.3 Å². The molecule has 0 bridgehead atoms. The third kappa shape index (κ3) is 4.82. The summed E-state index contributed by atoms with van der Waals surface area (Å²) in [5, 5.41) is 2.80. The van der Waals surface area contributed by atoms with E-state index in [4.69, 9.17) is 11.8 Å². The maximum atomic E-state index is 12.4. The van der Waals surface area contributed by atoms with Crippen LogP contribution in [-0.4, -0.2) is 47.9 Å². The number of hydrogen-bond acceptors (Lipinski definition) is 4. The number of rotatable bonds is 8. The molecule has 1 aromatic carbocycles. The second kappa shape index (κ2) is 9.14. The molecule has 1 aromatic heterocycles. The quantitative estimate of drug-likeness (QED) is 0.656. The van der Waals surface area contributed by atoms with E-state index in [9.17, 15) is 9.59 Å². The first kappa shape index (κ1) is 20.8. The first-order valence-corrected chi connectivity index (χ1v) is 10.9. The Bertz CT molecular complexity index is 878. The minimum Gasteiger partial charge on any atom is -0.352 e. The van der Waals surface area contributed by atoms with Crippen molar-refractivity contribution in [1.82, 2.24) is 15.2 Å². The molecule has 2 amide bonds. The van der Waals surface area contributed by atoms with E-state index in [1.165, 1.54) is 44.3 Å².